The lowest BCUT2D eigenvalue weighted by Gasteiger charge is -2.02. The van der Waals surface area contributed by atoms with Crippen molar-refractivity contribution in [3.8, 4) is 0 Å². The van der Waals surface area contributed by atoms with E-state index in [4.69, 9.17) is 48.9 Å². The molecular weight excluding hydrogens is 843 g/mol. The monoisotopic (exact) mass is 873 g/mol. The van der Waals surface area contributed by atoms with E-state index in [1.807, 2.05) is 48.5 Å². The average molecular weight is 874 g/mol. The highest BCUT2D eigenvalue weighted by molar-refractivity contribution is 7.99. The number of aromatic amines is 4. The van der Waals surface area contributed by atoms with Crippen LogP contribution in [0, 0.1) is 32.9 Å². The number of thiocarbonyl (C=S) groups is 1. The zero-order valence-corrected chi connectivity index (χ0v) is 35.8. The number of nitrogens with zero attached hydrogens (tertiary/aromatic N) is 5. The Kier molecular flexibility index (Phi) is 19.3. The molecule has 0 bridgehead atoms. The Hall–Kier alpha value is -2.85. The minimum Gasteiger partial charge on any atom is -0.318 e. The second kappa shape index (κ2) is 23.0. The summed E-state index contributed by atoms with van der Waals surface area (Å²) in [4.78, 5) is 36.7. The lowest BCUT2D eigenvalue weighted by atomic mass is 10.2. The van der Waals surface area contributed by atoms with Crippen LogP contribution in [0.4, 0.5) is 0 Å². The van der Waals surface area contributed by atoms with Gasteiger partial charge < -0.3 is 19.9 Å². The molecule has 4 N–H and O–H groups in total. The van der Waals surface area contributed by atoms with Gasteiger partial charge >= 0.3 is 0 Å². The van der Waals surface area contributed by atoms with E-state index >= 15 is 0 Å². The molecule has 3 aromatic carbocycles. The Balaban J connectivity index is 0.000000205. The van der Waals surface area contributed by atoms with Crippen molar-refractivity contribution in [2.45, 2.75) is 54.7 Å². The zero-order chi connectivity index (χ0) is 38.0. The van der Waals surface area contributed by atoms with E-state index in [-0.39, 0.29) is 0 Å². The van der Waals surface area contributed by atoms with Crippen LogP contribution in [0.1, 0.15) is 22.8 Å². The van der Waals surface area contributed by atoms with Crippen LogP contribution in [0.25, 0.3) is 6.08 Å². The molecule has 0 fully saturated rings. The van der Waals surface area contributed by atoms with Gasteiger partial charge in [0.05, 0.1) is 0 Å². The van der Waals surface area contributed by atoms with E-state index in [0.29, 0.717) is 46.1 Å². The summed E-state index contributed by atoms with van der Waals surface area (Å²) in [5, 5.41) is 1.96. The molecule has 0 saturated heterocycles. The lowest BCUT2D eigenvalue weighted by molar-refractivity contribution is 0.838. The van der Waals surface area contributed by atoms with Gasteiger partial charge in [-0.1, -0.05) is 72.0 Å². The molecule has 6 rings (SSSR count). The highest BCUT2D eigenvalue weighted by Crippen LogP contribution is 2.27. The first kappa shape index (κ1) is 43.6. The predicted molar refractivity (Wildman–Crippen MR) is 235 cm³/mol. The van der Waals surface area contributed by atoms with E-state index < -0.39 is 0 Å². The third-order valence-corrected chi connectivity index (χ3v) is 9.69. The highest BCUT2D eigenvalue weighted by atomic mass is 32.2. The van der Waals surface area contributed by atoms with Crippen molar-refractivity contribution in [2.75, 3.05) is 0 Å². The maximum Gasteiger partial charge on any atom is 0.201 e. The number of thiol groups is 2. The van der Waals surface area contributed by atoms with Gasteiger partial charge in [-0.3, -0.25) is 0 Å². The molecule has 0 unspecified atom stereocenters. The van der Waals surface area contributed by atoms with Crippen molar-refractivity contribution in [3.63, 3.8) is 0 Å². The third-order valence-electron chi connectivity index (χ3n) is 5.74. The second-order valence-electron chi connectivity index (χ2n) is 9.80. The molecule has 19 heteroatoms. The van der Waals surface area contributed by atoms with Crippen LogP contribution in [0.15, 0.2) is 114 Å². The van der Waals surface area contributed by atoms with Crippen molar-refractivity contribution in [3.05, 3.63) is 121 Å². The van der Waals surface area contributed by atoms with Gasteiger partial charge in [0.15, 0.2) is 20.2 Å². The first-order valence-electron chi connectivity index (χ1n) is 14.6. The van der Waals surface area contributed by atoms with Gasteiger partial charge in [-0.05, 0) is 141 Å². The molecule has 52 heavy (non-hydrogen) atoms. The van der Waals surface area contributed by atoms with Crippen molar-refractivity contribution in [1.82, 2.24) is 44.9 Å². The number of rotatable bonds is 8. The largest absolute Gasteiger partial charge is 0.318 e. The van der Waals surface area contributed by atoms with Gasteiger partial charge in [0, 0.05) is 25.3 Å². The fraction of sp³-hybridized carbons (Fsp3) is 0.0909. The van der Waals surface area contributed by atoms with Gasteiger partial charge in [-0.25, -0.2) is 9.97 Å². The number of hydrogen-bond donors (Lipinski definition) is 6. The average Bonchev–Trinajstić information content (AvgIpc) is 3.09. The molecule has 0 amide bonds. The fourth-order valence-electron chi connectivity index (χ4n) is 3.70. The van der Waals surface area contributed by atoms with Crippen molar-refractivity contribution in [1.29, 1.82) is 0 Å². The molecule has 0 aliphatic rings. The minimum atomic E-state index is 0.402. The summed E-state index contributed by atoms with van der Waals surface area (Å²) in [6, 6.07) is 24.1. The van der Waals surface area contributed by atoms with Gasteiger partial charge in [-0.15, -0.1) is 12.6 Å². The number of aryl methyl sites for hydroxylation is 2. The normalized spacial score (nSPS) is 10.0. The van der Waals surface area contributed by atoms with E-state index in [2.05, 4.69) is 133 Å². The first-order chi connectivity index (χ1) is 25.0. The quantitative estimate of drug-likeness (QED) is 0.0642. The van der Waals surface area contributed by atoms with Crippen LogP contribution in [0.2, 0.25) is 0 Å². The maximum atomic E-state index is 5.04. The molecule has 3 aromatic heterocycles. The zero-order valence-electron chi connectivity index (χ0n) is 27.5. The number of nitrogens with one attached hydrogen (secondary N) is 4. The molecule has 268 valence electrons. The summed E-state index contributed by atoms with van der Waals surface area (Å²) in [6.45, 7) is 7.75. The molecule has 0 aliphatic heterocycles. The number of H-pyrrole nitrogens is 4. The van der Waals surface area contributed by atoms with E-state index in [9.17, 15) is 0 Å². The summed E-state index contributed by atoms with van der Waals surface area (Å²) in [5.74, 6) is 4.71. The van der Waals surface area contributed by atoms with Crippen molar-refractivity contribution < 1.29 is 0 Å². The van der Waals surface area contributed by atoms with Crippen LogP contribution in [0.3, 0.4) is 0 Å². The summed E-state index contributed by atoms with van der Waals surface area (Å²) < 4.78 is 1.74. The van der Waals surface area contributed by atoms with E-state index in [1.165, 1.54) is 46.4 Å². The Morgan fingerprint density at radius 2 is 1.17 bits per heavy atom. The van der Waals surface area contributed by atoms with Gasteiger partial charge in [0.1, 0.15) is 11.6 Å². The molecule has 6 aromatic rings. The predicted octanol–water partition coefficient (Wildman–Crippen LogP) is 11.3. The lowest BCUT2D eigenvalue weighted by Crippen LogP contribution is -1.97. The van der Waals surface area contributed by atoms with Crippen LogP contribution in [-0.2, 0) is 5.75 Å². The SMILES string of the molecule is C=Cc1nc(Sc2cccc(S)c2)nc(=S)[nH]1.C=S.Cc1cccc(Sc2nc(=S)[nH]c(=S)[nH]2)c1.Cc1cccc(Sc2nc(CS)[nH]c(=S)n2)c1. The van der Waals surface area contributed by atoms with Gasteiger partial charge in [0.2, 0.25) is 14.3 Å². The number of aromatic nitrogens is 9. The molecule has 3 heterocycles. The summed E-state index contributed by atoms with van der Waals surface area (Å²) in [7, 11) is 0. The summed E-state index contributed by atoms with van der Waals surface area (Å²) in [6.07, 6.45) is 1.61. The maximum absolute atomic E-state index is 5.04. The van der Waals surface area contributed by atoms with Crippen LogP contribution >= 0.6 is 122 Å². The van der Waals surface area contributed by atoms with Crippen molar-refractivity contribution in [2.24, 2.45) is 0 Å². The van der Waals surface area contributed by atoms with Crippen LogP contribution in [-0.4, -0.2) is 50.7 Å². The second-order valence-corrected chi connectivity index (χ2v) is 15.3. The van der Waals surface area contributed by atoms with Gasteiger partial charge in [-0.2, -0.15) is 27.6 Å². The smallest absolute Gasteiger partial charge is 0.201 e. The van der Waals surface area contributed by atoms with Gasteiger partial charge in [0.25, 0.3) is 0 Å². The Labute approximate surface area is 351 Å². The molecule has 9 nitrogen and oxygen atoms in total. The third kappa shape index (κ3) is 16.0. The molecule has 0 aliphatic carbocycles. The van der Waals surface area contributed by atoms with E-state index in [1.54, 1.807) is 6.08 Å². The number of hydrogen-bond acceptors (Lipinski definition) is 15. The fourth-order valence-corrected chi connectivity index (χ4v) is 7.87. The van der Waals surface area contributed by atoms with E-state index in [0.717, 1.165) is 25.4 Å². The molecule has 0 radical (unpaired) electrons. The Morgan fingerprint density at radius 3 is 1.71 bits per heavy atom. The molecular formula is C33H31N9S10. The minimum absolute atomic E-state index is 0.402. The Morgan fingerprint density at radius 1 is 0.654 bits per heavy atom. The van der Waals surface area contributed by atoms with Crippen LogP contribution < -0.4 is 0 Å². The summed E-state index contributed by atoms with van der Waals surface area (Å²) >= 11 is 36.8. The molecule has 0 spiro atoms. The highest BCUT2D eigenvalue weighted by Gasteiger charge is 2.04. The Bertz CT molecular complexity index is 2310. The topological polar surface area (TPSA) is 128 Å². The molecule has 0 saturated carbocycles. The molecule has 0 atom stereocenters. The standard InChI is InChI=1S/C11H11N3S3.C11H9N3S3.C10H9N3S3.CH2S/c1-7-3-2-4-8(5-7)17-11-13-9(6-15)12-10(16)14-11;1-2-9-12-10(16)14-11(13-9)17-8-5-3-4-7(15)6-8;1-6-3-2-4-7(5-6)16-10-12-8(14)11-9(15)13-10;1-2/h2-5,15H,6H2,1H3,(H,12,13,14,16);2-6,15H,1H2,(H,12,13,14,16);2-5H,1H3,(H2,11,12,13,14,15);1H2. The first-order valence-corrected chi connectivity index (χ1v) is 20.4. The number of benzene rings is 3. The van der Waals surface area contributed by atoms with Crippen molar-refractivity contribution >= 4 is 134 Å². The summed E-state index contributed by atoms with van der Waals surface area (Å²) in [5.41, 5.74) is 2.43. The van der Waals surface area contributed by atoms with Crippen LogP contribution in [0.5, 0.6) is 0 Å².